The first-order chi connectivity index (χ1) is 9.40. The van der Waals surface area contributed by atoms with Gasteiger partial charge >= 0.3 is 0 Å². The summed E-state index contributed by atoms with van der Waals surface area (Å²) in [6.07, 6.45) is 1.30. The van der Waals surface area contributed by atoms with E-state index < -0.39 is 0 Å². The number of likely N-dealkylation sites (tertiary alicyclic amines) is 1. The molecule has 2 aliphatic heterocycles. The van der Waals surface area contributed by atoms with E-state index in [1.54, 1.807) is 11.1 Å². The normalized spacial score (nSPS) is 28.5. The maximum Gasteiger partial charge on any atom is 0.0351 e. The van der Waals surface area contributed by atoms with E-state index in [1.807, 2.05) is 0 Å². The average molecular weight is 257 g/mol. The fraction of sp³-hybridized carbons (Fsp3) is 0.625. The summed E-state index contributed by atoms with van der Waals surface area (Å²) in [4.78, 5) is 5.31. The first-order valence-electron chi connectivity index (χ1n) is 7.65. The highest BCUT2D eigenvalue weighted by Crippen LogP contribution is 2.36. The second-order valence-corrected chi connectivity index (χ2v) is 6.26. The Balaban J connectivity index is 1.27. The fourth-order valence-electron chi connectivity index (χ4n) is 3.81. The van der Waals surface area contributed by atoms with E-state index in [0.717, 1.165) is 12.0 Å². The van der Waals surface area contributed by atoms with Crippen LogP contribution in [0.15, 0.2) is 24.3 Å². The number of fused-ring (bicyclic) bond motifs is 1. The highest BCUT2D eigenvalue weighted by Gasteiger charge is 2.35. The Morgan fingerprint density at radius 3 is 2.68 bits per heavy atom. The molecule has 2 heterocycles. The number of nitrogens with zero attached hydrogens (tertiary/aromatic N) is 2. The standard InChI is InChI=1S/C16H23N3/c1-2-4-16-13(3-1)9-14(16)10-18-11-15(12-18)19-7-5-17-6-8-19/h1-4,14-15,17H,5-12H2. The summed E-state index contributed by atoms with van der Waals surface area (Å²) in [6.45, 7) is 8.69. The summed E-state index contributed by atoms with van der Waals surface area (Å²) < 4.78 is 0. The van der Waals surface area contributed by atoms with Crippen LogP contribution in [0.1, 0.15) is 17.0 Å². The molecule has 3 heteroatoms. The SMILES string of the molecule is c1ccc2c(c1)CC2CN1CC(N2CCNCC2)C1. The molecule has 1 N–H and O–H groups in total. The Labute approximate surface area is 115 Å². The summed E-state index contributed by atoms with van der Waals surface area (Å²) >= 11 is 0. The van der Waals surface area contributed by atoms with Gasteiger partial charge in [-0.05, 0) is 17.5 Å². The van der Waals surface area contributed by atoms with Crippen LogP contribution in [0.5, 0.6) is 0 Å². The molecule has 0 radical (unpaired) electrons. The predicted molar refractivity (Wildman–Crippen MR) is 77.6 cm³/mol. The summed E-state index contributed by atoms with van der Waals surface area (Å²) in [5, 5.41) is 3.44. The van der Waals surface area contributed by atoms with Crippen molar-refractivity contribution in [1.82, 2.24) is 15.1 Å². The molecule has 0 amide bonds. The van der Waals surface area contributed by atoms with Crippen molar-refractivity contribution >= 4 is 0 Å². The first-order valence-corrected chi connectivity index (χ1v) is 7.65. The third-order valence-corrected chi connectivity index (χ3v) is 5.05. The Hall–Kier alpha value is -0.900. The molecule has 1 aromatic rings. The van der Waals surface area contributed by atoms with E-state index in [9.17, 15) is 0 Å². The number of hydrogen-bond donors (Lipinski definition) is 1. The van der Waals surface area contributed by atoms with Crippen molar-refractivity contribution in [2.45, 2.75) is 18.4 Å². The molecule has 0 saturated carbocycles. The van der Waals surface area contributed by atoms with Gasteiger partial charge in [0.2, 0.25) is 0 Å². The summed E-state index contributed by atoms with van der Waals surface area (Å²) in [6, 6.07) is 9.78. The molecule has 19 heavy (non-hydrogen) atoms. The van der Waals surface area contributed by atoms with Crippen molar-refractivity contribution in [3.63, 3.8) is 0 Å². The van der Waals surface area contributed by atoms with E-state index in [2.05, 4.69) is 39.4 Å². The Bertz CT molecular complexity index is 447. The lowest BCUT2D eigenvalue weighted by Gasteiger charge is -2.48. The van der Waals surface area contributed by atoms with Gasteiger partial charge < -0.3 is 5.32 Å². The zero-order valence-corrected chi connectivity index (χ0v) is 11.5. The highest BCUT2D eigenvalue weighted by molar-refractivity contribution is 5.40. The van der Waals surface area contributed by atoms with Gasteiger partial charge in [-0.2, -0.15) is 0 Å². The molecule has 3 nitrogen and oxygen atoms in total. The Morgan fingerprint density at radius 2 is 1.89 bits per heavy atom. The Morgan fingerprint density at radius 1 is 1.11 bits per heavy atom. The molecule has 3 aliphatic rings. The second-order valence-electron chi connectivity index (χ2n) is 6.26. The van der Waals surface area contributed by atoms with E-state index in [0.29, 0.717) is 0 Å². The van der Waals surface area contributed by atoms with Crippen molar-refractivity contribution in [3.05, 3.63) is 35.4 Å². The minimum atomic E-state index is 0.806. The smallest absolute Gasteiger partial charge is 0.0351 e. The molecule has 2 saturated heterocycles. The van der Waals surface area contributed by atoms with Crippen LogP contribution in [0.25, 0.3) is 0 Å². The van der Waals surface area contributed by atoms with Crippen LogP contribution < -0.4 is 5.32 Å². The van der Waals surface area contributed by atoms with E-state index >= 15 is 0 Å². The van der Waals surface area contributed by atoms with Crippen molar-refractivity contribution in [3.8, 4) is 0 Å². The van der Waals surface area contributed by atoms with Gasteiger partial charge in [-0.3, -0.25) is 9.80 Å². The minimum Gasteiger partial charge on any atom is -0.314 e. The van der Waals surface area contributed by atoms with Crippen LogP contribution >= 0.6 is 0 Å². The first kappa shape index (κ1) is 11.9. The number of nitrogens with one attached hydrogen (secondary N) is 1. The van der Waals surface area contributed by atoms with Crippen LogP contribution in [0.4, 0.5) is 0 Å². The lowest BCUT2D eigenvalue weighted by Crippen LogP contribution is -2.63. The lowest BCUT2D eigenvalue weighted by atomic mass is 9.77. The maximum atomic E-state index is 3.44. The van der Waals surface area contributed by atoms with Gasteiger partial charge in [0.15, 0.2) is 0 Å². The van der Waals surface area contributed by atoms with Crippen molar-refractivity contribution in [2.24, 2.45) is 0 Å². The number of benzene rings is 1. The monoisotopic (exact) mass is 257 g/mol. The fourth-order valence-corrected chi connectivity index (χ4v) is 3.81. The van der Waals surface area contributed by atoms with Gasteiger partial charge in [-0.15, -0.1) is 0 Å². The van der Waals surface area contributed by atoms with Gasteiger partial charge in [0.05, 0.1) is 0 Å². The molecule has 102 valence electrons. The van der Waals surface area contributed by atoms with E-state index in [-0.39, 0.29) is 0 Å². The van der Waals surface area contributed by atoms with Crippen LogP contribution in [-0.2, 0) is 6.42 Å². The maximum absolute atomic E-state index is 3.44. The molecule has 0 bridgehead atoms. The molecular weight excluding hydrogens is 234 g/mol. The molecule has 4 rings (SSSR count). The van der Waals surface area contributed by atoms with Gasteiger partial charge in [0, 0.05) is 57.8 Å². The Kier molecular flexibility index (Phi) is 3.06. The largest absolute Gasteiger partial charge is 0.314 e. The third kappa shape index (κ3) is 2.20. The van der Waals surface area contributed by atoms with Crippen molar-refractivity contribution in [2.75, 3.05) is 45.8 Å². The molecule has 0 spiro atoms. The van der Waals surface area contributed by atoms with E-state index in [1.165, 1.54) is 52.2 Å². The third-order valence-electron chi connectivity index (χ3n) is 5.05. The second kappa shape index (κ2) is 4.89. The van der Waals surface area contributed by atoms with Gasteiger partial charge in [-0.1, -0.05) is 24.3 Å². The summed E-state index contributed by atoms with van der Waals surface area (Å²) in [5.41, 5.74) is 3.18. The van der Waals surface area contributed by atoms with Gasteiger partial charge in [-0.25, -0.2) is 0 Å². The zero-order chi connectivity index (χ0) is 12.7. The predicted octanol–water partition coefficient (Wildman–Crippen LogP) is 0.916. The zero-order valence-electron chi connectivity index (χ0n) is 11.5. The van der Waals surface area contributed by atoms with Gasteiger partial charge in [0.1, 0.15) is 0 Å². The minimum absolute atomic E-state index is 0.806. The van der Waals surface area contributed by atoms with Crippen molar-refractivity contribution in [1.29, 1.82) is 0 Å². The molecule has 1 aliphatic carbocycles. The number of hydrogen-bond acceptors (Lipinski definition) is 3. The molecule has 2 fully saturated rings. The van der Waals surface area contributed by atoms with Crippen molar-refractivity contribution < 1.29 is 0 Å². The average Bonchev–Trinajstić information content (AvgIpc) is 2.39. The van der Waals surface area contributed by atoms with Crippen LogP contribution in [0.3, 0.4) is 0 Å². The molecule has 1 unspecified atom stereocenters. The number of piperazine rings is 1. The van der Waals surface area contributed by atoms with Gasteiger partial charge in [0.25, 0.3) is 0 Å². The summed E-state index contributed by atoms with van der Waals surface area (Å²) in [7, 11) is 0. The van der Waals surface area contributed by atoms with Crippen LogP contribution in [0, 0.1) is 0 Å². The van der Waals surface area contributed by atoms with E-state index in [4.69, 9.17) is 0 Å². The molecular formula is C16H23N3. The molecule has 1 aromatic carbocycles. The lowest BCUT2D eigenvalue weighted by molar-refractivity contribution is 0.0223. The number of rotatable bonds is 3. The van der Waals surface area contributed by atoms with Crippen LogP contribution in [0.2, 0.25) is 0 Å². The molecule has 0 aromatic heterocycles. The quantitative estimate of drug-likeness (QED) is 0.868. The molecule has 1 atom stereocenters. The topological polar surface area (TPSA) is 18.5 Å². The summed E-state index contributed by atoms with van der Waals surface area (Å²) in [5.74, 6) is 0.806. The van der Waals surface area contributed by atoms with Crippen LogP contribution in [-0.4, -0.2) is 61.7 Å². The highest BCUT2D eigenvalue weighted by atomic mass is 15.3.